The number of nitrogens with zero attached hydrogens (tertiary/aromatic N) is 1. The van der Waals surface area contributed by atoms with Crippen LogP contribution in [-0.2, 0) is 0 Å². The number of aliphatic hydroxyl groups is 1. The summed E-state index contributed by atoms with van der Waals surface area (Å²) in [6.07, 6.45) is 1.63. The zero-order valence-electron chi connectivity index (χ0n) is 6.33. The molecule has 2 N–H and O–H groups in total. The SMILES string of the molecule is Cc1cc(C(=N)CO)ccn1. The fourth-order valence-corrected chi connectivity index (χ4v) is 0.825. The lowest BCUT2D eigenvalue weighted by Crippen LogP contribution is -2.04. The van der Waals surface area contributed by atoms with Gasteiger partial charge in [0.2, 0.25) is 0 Å². The van der Waals surface area contributed by atoms with Crippen LogP contribution in [0.5, 0.6) is 0 Å². The van der Waals surface area contributed by atoms with Crippen LogP contribution in [0.4, 0.5) is 0 Å². The smallest absolute Gasteiger partial charge is 0.0851 e. The number of aryl methyl sites for hydroxylation is 1. The minimum absolute atomic E-state index is 0.219. The van der Waals surface area contributed by atoms with Crippen LogP contribution < -0.4 is 0 Å². The molecular weight excluding hydrogens is 140 g/mol. The Hall–Kier alpha value is -1.22. The topological polar surface area (TPSA) is 57.0 Å². The van der Waals surface area contributed by atoms with E-state index in [1.54, 1.807) is 18.3 Å². The van der Waals surface area contributed by atoms with Crippen molar-refractivity contribution in [2.75, 3.05) is 6.61 Å². The van der Waals surface area contributed by atoms with E-state index >= 15 is 0 Å². The van der Waals surface area contributed by atoms with Gasteiger partial charge in [0.05, 0.1) is 12.3 Å². The molecule has 0 unspecified atom stereocenters. The van der Waals surface area contributed by atoms with Gasteiger partial charge in [-0.05, 0) is 19.1 Å². The van der Waals surface area contributed by atoms with Crippen molar-refractivity contribution in [1.29, 1.82) is 5.41 Å². The standard InChI is InChI=1S/C8H10N2O/c1-6-4-7(2-3-10-6)8(9)5-11/h2-4,9,11H,5H2,1H3. The van der Waals surface area contributed by atoms with Gasteiger partial charge in [0, 0.05) is 17.5 Å². The van der Waals surface area contributed by atoms with E-state index in [4.69, 9.17) is 10.5 Å². The largest absolute Gasteiger partial charge is 0.390 e. The molecule has 58 valence electrons. The van der Waals surface area contributed by atoms with Crippen LogP contribution >= 0.6 is 0 Å². The van der Waals surface area contributed by atoms with Crippen molar-refractivity contribution < 1.29 is 5.11 Å². The Kier molecular flexibility index (Phi) is 2.33. The van der Waals surface area contributed by atoms with E-state index in [-0.39, 0.29) is 12.3 Å². The molecule has 3 nitrogen and oxygen atoms in total. The molecule has 1 heterocycles. The van der Waals surface area contributed by atoms with E-state index in [1.165, 1.54) is 0 Å². The Morgan fingerprint density at radius 2 is 2.45 bits per heavy atom. The van der Waals surface area contributed by atoms with Crippen LogP contribution in [0.25, 0.3) is 0 Å². The minimum atomic E-state index is -0.219. The lowest BCUT2D eigenvalue weighted by molar-refractivity contribution is 0.357. The third-order valence-corrected chi connectivity index (χ3v) is 1.40. The van der Waals surface area contributed by atoms with E-state index < -0.39 is 0 Å². The second-order valence-corrected chi connectivity index (χ2v) is 2.32. The van der Waals surface area contributed by atoms with Gasteiger partial charge in [0.15, 0.2) is 0 Å². The van der Waals surface area contributed by atoms with Crippen LogP contribution in [-0.4, -0.2) is 22.4 Å². The highest BCUT2D eigenvalue weighted by atomic mass is 16.3. The normalized spacial score (nSPS) is 9.64. The van der Waals surface area contributed by atoms with Crippen molar-refractivity contribution in [3.63, 3.8) is 0 Å². The van der Waals surface area contributed by atoms with Crippen LogP contribution in [0.2, 0.25) is 0 Å². The average Bonchev–Trinajstić information content (AvgIpc) is 2.03. The molecular formula is C8H10N2O. The van der Waals surface area contributed by atoms with Gasteiger partial charge in [-0.2, -0.15) is 0 Å². The summed E-state index contributed by atoms with van der Waals surface area (Å²) in [4.78, 5) is 3.98. The van der Waals surface area contributed by atoms with Gasteiger partial charge < -0.3 is 10.5 Å². The molecule has 3 heteroatoms. The van der Waals surface area contributed by atoms with Gasteiger partial charge in [0.25, 0.3) is 0 Å². The summed E-state index contributed by atoms with van der Waals surface area (Å²) in [7, 11) is 0. The van der Waals surface area contributed by atoms with Crippen molar-refractivity contribution in [1.82, 2.24) is 4.98 Å². The molecule has 0 aromatic carbocycles. The predicted molar refractivity (Wildman–Crippen MR) is 42.9 cm³/mol. The number of hydrogen-bond acceptors (Lipinski definition) is 3. The number of hydrogen-bond donors (Lipinski definition) is 2. The molecule has 0 saturated heterocycles. The Morgan fingerprint density at radius 3 is 3.00 bits per heavy atom. The Balaban J connectivity index is 2.96. The van der Waals surface area contributed by atoms with Crippen LogP contribution in [0.3, 0.4) is 0 Å². The molecule has 0 saturated carbocycles. The predicted octanol–water partition coefficient (Wildman–Crippen LogP) is 0.750. The molecule has 0 radical (unpaired) electrons. The van der Waals surface area contributed by atoms with E-state index in [0.717, 1.165) is 11.3 Å². The average molecular weight is 150 g/mol. The van der Waals surface area contributed by atoms with Crippen molar-refractivity contribution in [3.8, 4) is 0 Å². The van der Waals surface area contributed by atoms with Gasteiger partial charge in [-0.25, -0.2) is 0 Å². The lowest BCUT2D eigenvalue weighted by atomic mass is 10.1. The first-order valence-corrected chi connectivity index (χ1v) is 3.35. The summed E-state index contributed by atoms with van der Waals surface area (Å²) >= 11 is 0. The molecule has 0 spiro atoms. The third-order valence-electron chi connectivity index (χ3n) is 1.40. The van der Waals surface area contributed by atoms with Crippen molar-refractivity contribution >= 4 is 5.71 Å². The number of aromatic nitrogens is 1. The summed E-state index contributed by atoms with van der Waals surface area (Å²) in [5.74, 6) is 0. The molecule has 0 atom stereocenters. The van der Waals surface area contributed by atoms with Crippen molar-refractivity contribution in [2.24, 2.45) is 0 Å². The quantitative estimate of drug-likeness (QED) is 0.611. The fraction of sp³-hybridized carbons (Fsp3) is 0.250. The number of rotatable bonds is 2. The van der Waals surface area contributed by atoms with Crippen LogP contribution in [0.15, 0.2) is 18.3 Å². The Morgan fingerprint density at radius 1 is 1.73 bits per heavy atom. The van der Waals surface area contributed by atoms with Crippen molar-refractivity contribution in [3.05, 3.63) is 29.6 Å². The fourth-order valence-electron chi connectivity index (χ4n) is 0.825. The number of nitrogens with one attached hydrogen (secondary N) is 1. The highest BCUT2D eigenvalue weighted by Gasteiger charge is 1.98. The zero-order chi connectivity index (χ0) is 8.27. The molecule has 11 heavy (non-hydrogen) atoms. The molecule has 1 rings (SSSR count). The van der Waals surface area contributed by atoms with Gasteiger partial charge >= 0.3 is 0 Å². The van der Waals surface area contributed by atoms with Crippen LogP contribution in [0.1, 0.15) is 11.3 Å². The highest BCUT2D eigenvalue weighted by molar-refractivity contribution is 5.98. The molecule has 0 amide bonds. The minimum Gasteiger partial charge on any atom is -0.390 e. The van der Waals surface area contributed by atoms with E-state index in [2.05, 4.69) is 4.98 Å². The molecule has 1 aromatic heterocycles. The monoisotopic (exact) mass is 150 g/mol. The van der Waals surface area contributed by atoms with Gasteiger partial charge in [-0.15, -0.1) is 0 Å². The van der Waals surface area contributed by atoms with Crippen molar-refractivity contribution in [2.45, 2.75) is 6.92 Å². The second kappa shape index (κ2) is 3.25. The first-order chi connectivity index (χ1) is 5.24. The molecule has 1 aromatic rings. The van der Waals surface area contributed by atoms with Gasteiger partial charge in [0.1, 0.15) is 0 Å². The van der Waals surface area contributed by atoms with Gasteiger partial charge in [-0.1, -0.05) is 0 Å². The summed E-state index contributed by atoms with van der Waals surface area (Å²) in [6.45, 7) is 1.64. The van der Waals surface area contributed by atoms with E-state index in [9.17, 15) is 0 Å². The number of pyridine rings is 1. The second-order valence-electron chi connectivity index (χ2n) is 2.32. The first kappa shape index (κ1) is 7.88. The molecule has 0 aliphatic carbocycles. The summed E-state index contributed by atoms with van der Waals surface area (Å²) in [5.41, 5.74) is 1.83. The lowest BCUT2D eigenvalue weighted by Gasteiger charge is -1.99. The highest BCUT2D eigenvalue weighted by Crippen LogP contribution is 2.00. The first-order valence-electron chi connectivity index (χ1n) is 3.35. The molecule has 0 bridgehead atoms. The Bertz CT molecular complexity index is 271. The summed E-state index contributed by atoms with van der Waals surface area (Å²) in [5, 5.41) is 15.9. The summed E-state index contributed by atoms with van der Waals surface area (Å²) < 4.78 is 0. The summed E-state index contributed by atoms with van der Waals surface area (Å²) in [6, 6.07) is 3.49. The van der Waals surface area contributed by atoms with Gasteiger partial charge in [-0.3, -0.25) is 4.98 Å². The molecule has 0 aliphatic rings. The maximum Gasteiger partial charge on any atom is 0.0851 e. The zero-order valence-corrected chi connectivity index (χ0v) is 6.33. The molecule has 0 fully saturated rings. The Labute approximate surface area is 65.2 Å². The van der Waals surface area contributed by atoms with E-state index in [1.807, 2.05) is 6.92 Å². The van der Waals surface area contributed by atoms with E-state index in [0.29, 0.717) is 0 Å². The maximum atomic E-state index is 8.63. The third kappa shape index (κ3) is 1.85. The number of aliphatic hydroxyl groups excluding tert-OH is 1. The van der Waals surface area contributed by atoms with Crippen LogP contribution in [0, 0.1) is 12.3 Å². The molecule has 0 aliphatic heterocycles. The maximum absolute atomic E-state index is 8.63.